The molecule has 1 aromatic heterocycles. The molecule has 1 heterocycles. The van der Waals surface area contributed by atoms with Gasteiger partial charge >= 0.3 is 0 Å². The summed E-state index contributed by atoms with van der Waals surface area (Å²) in [6, 6.07) is 7.59. The van der Waals surface area contributed by atoms with Gasteiger partial charge in [-0.25, -0.2) is 8.42 Å². The van der Waals surface area contributed by atoms with Gasteiger partial charge in [-0.15, -0.1) is 11.3 Å². The van der Waals surface area contributed by atoms with E-state index in [1.165, 1.54) is 36.6 Å². The number of aryl methyl sites for hydroxylation is 1. The van der Waals surface area contributed by atoms with Crippen LogP contribution in [0.2, 0.25) is 0 Å². The molecule has 5 nitrogen and oxygen atoms in total. The van der Waals surface area contributed by atoms with Gasteiger partial charge in [-0.05, 0) is 31.2 Å². The fourth-order valence-corrected chi connectivity index (χ4v) is 3.82. The summed E-state index contributed by atoms with van der Waals surface area (Å²) >= 11 is 1.17. The number of ether oxygens (including phenoxy) is 1. The van der Waals surface area contributed by atoms with Gasteiger partial charge in [0, 0.05) is 10.9 Å². The first-order chi connectivity index (χ1) is 8.92. The fraction of sp³-hybridized carbons (Fsp3) is 0.167. The number of methoxy groups -OCH3 is 1. The molecule has 0 unspecified atom stereocenters. The van der Waals surface area contributed by atoms with Crippen molar-refractivity contribution in [3.05, 3.63) is 35.2 Å². The van der Waals surface area contributed by atoms with Gasteiger partial charge < -0.3 is 9.84 Å². The van der Waals surface area contributed by atoms with Crippen LogP contribution in [0.15, 0.2) is 34.5 Å². The van der Waals surface area contributed by atoms with Crippen molar-refractivity contribution in [2.75, 3.05) is 11.8 Å². The van der Waals surface area contributed by atoms with Gasteiger partial charge in [0.05, 0.1) is 12.8 Å². The number of phenols is 1. The van der Waals surface area contributed by atoms with Gasteiger partial charge in [0.2, 0.25) is 0 Å². The topological polar surface area (TPSA) is 75.6 Å². The van der Waals surface area contributed by atoms with Crippen LogP contribution in [0.25, 0.3) is 0 Å². The Hall–Kier alpha value is -1.73. The van der Waals surface area contributed by atoms with Crippen molar-refractivity contribution >= 4 is 27.0 Å². The summed E-state index contributed by atoms with van der Waals surface area (Å²) in [4.78, 5) is 0.898. The molecule has 0 atom stereocenters. The van der Waals surface area contributed by atoms with Crippen molar-refractivity contribution in [1.29, 1.82) is 0 Å². The van der Waals surface area contributed by atoms with E-state index < -0.39 is 10.0 Å². The largest absolute Gasteiger partial charge is 0.506 e. The normalized spacial score (nSPS) is 11.3. The molecule has 0 bridgehead atoms. The fourth-order valence-electron chi connectivity index (χ4n) is 1.48. The summed E-state index contributed by atoms with van der Waals surface area (Å²) in [5, 5.41) is 9.67. The molecule has 0 fully saturated rings. The lowest BCUT2D eigenvalue weighted by atomic mass is 10.3. The van der Waals surface area contributed by atoms with Crippen LogP contribution in [0.5, 0.6) is 11.5 Å². The van der Waals surface area contributed by atoms with Gasteiger partial charge in [0.15, 0.2) is 0 Å². The van der Waals surface area contributed by atoms with Crippen LogP contribution in [-0.4, -0.2) is 20.6 Å². The molecule has 1 aromatic carbocycles. The Morgan fingerprint density at radius 1 is 1.26 bits per heavy atom. The van der Waals surface area contributed by atoms with Gasteiger partial charge in [-0.1, -0.05) is 0 Å². The number of benzene rings is 1. The summed E-state index contributed by atoms with van der Waals surface area (Å²) in [5.41, 5.74) is 0.0883. The van der Waals surface area contributed by atoms with E-state index >= 15 is 0 Å². The Balaban J connectivity index is 2.35. The second-order valence-electron chi connectivity index (χ2n) is 3.85. The zero-order chi connectivity index (χ0) is 14.0. The summed E-state index contributed by atoms with van der Waals surface area (Å²) in [5.74, 6) is 0.301. The van der Waals surface area contributed by atoms with Crippen LogP contribution in [0.4, 0.5) is 5.69 Å². The van der Waals surface area contributed by atoms with Crippen LogP contribution in [0.3, 0.4) is 0 Å². The predicted molar refractivity (Wildman–Crippen MR) is 74.5 cm³/mol. The van der Waals surface area contributed by atoms with E-state index in [2.05, 4.69) is 4.72 Å². The molecule has 102 valence electrons. The first kappa shape index (κ1) is 13.7. The summed E-state index contributed by atoms with van der Waals surface area (Å²) in [7, 11) is -2.22. The zero-order valence-electron chi connectivity index (χ0n) is 10.4. The molecule has 0 saturated carbocycles. The van der Waals surface area contributed by atoms with Crippen LogP contribution in [0.1, 0.15) is 4.88 Å². The third-order valence-electron chi connectivity index (χ3n) is 2.43. The molecule has 7 heteroatoms. The zero-order valence-corrected chi connectivity index (χ0v) is 12.0. The van der Waals surface area contributed by atoms with Crippen LogP contribution < -0.4 is 9.46 Å². The van der Waals surface area contributed by atoms with E-state index in [-0.39, 0.29) is 15.6 Å². The number of thiophene rings is 1. The molecule has 2 N–H and O–H groups in total. The van der Waals surface area contributed by atoms with Gasteiger partial charge in [-0.3, -0.25) is 4.72 Å². The van der Waals surface area contributed by atoms with Crippen molar-refractivity contribution in [2.24, 2.45) is 0 Å². The van der Waals surface area contributed by atoms with E-state index in [1.807, 2.05) is 6.92 Å². The second kappa shape index (κ2) is 5.10. The molecular formula is C12H13NO4S2. The smallest absolute Gasteiger partial charge is 0.271 e. The number of anilines is 1. The van der Waals surface area contributed by atoms with Crippen molar-refractivity contribution < 1.29 is 18.3 Å². The Morgan fingerprint density at radius 3 is 2.58 bits per heavy atom. The van der Waals surface area contributed by atoms with Gasteiger partial charge in [0.25, 0.3) is 10.0 Å². The molecule has 19 heavy (non-hydrogen) atoms. The quantitative estimate of drug-likeness (QED) is 0.851. The maximum absolute atomic E-state index is 12.1. The Labute approximate surface area is 115 Å². The average Bonchev–Trinajstić information content (AvgIpc) is 2.79. The molecule has 0 aliphatic rings. The molecule has 0 aliphatic carbocycles. The standard InChI is InChI=1S/C12H13NO4S2/c1-8-3-6-12(18-8)19(15,16)13-10-7-9(17-2)4-5-11(10)14/h3-7,13-14H,1-2H3. The molecular weight excluding hydrogens is 286 g/mol. The van der Waals surface area contributed by atoms with Crippen molar-refractivity contribution in [2.45, 2.75) is 11.1 Å². The maximum atomic E-state index is 12.1. The molecule has 0 spiro atoms. The van der Waals surface area contributed by atoms with Gasteiger partial charge in [-0.2, -0.15) is 0 Å². The summed E-state index contributed by atoms with van der Waals surface area (Å²) < 4.78 is 31.8. The maximum Gasteiger partial charge on any atom is 0.271 e. The van der Waals surface area contributed by atoms with Crippen molar-refractivity contribution in [3.8, 4) is 11.5 Å². The minimum absolute atomic E-state index is 0.0883. The summed E-state index contributed by atoms with van der Waals surface area (Å²) in [6.45, 7) is 1.83. The number of aromatic hydroxyl groups is 1. The molecule has 0 amide bonds. The lowest BCUT2D eigenvalue weighted by Gasteiger charge is -2.09. The van der Waals surface area contributed by atoms with Crippen molar-refractivity contribution in [1.82, 2.24) is 0 Å². The second-order valence-corrected chi connectivity index (χ2v) is 7.05. The van der Waals surface area contributed by atoms with Crippen molar-refractivity contribution in [3.63, 3.8) is 0 Å². The van der Waals surface area contributed by atoms with E-state index in [4.69, 9.17) is 4.74 Å². The van der Waals surface area contributed by atoms with Crippen LogP contribution in [-0.2, 0) is 10.0 Å². The lowest BCUT2D eigenvalue weighted by Crippen LogP contribution is -2.11. The van der Waals surface area contributed by atoms with E-state index in [0.717, 1.165) is 4.88 Å². The number of hydrogen-bond acceptors (Lipinski definition) is 5. The third-order valence-corrected chi connectivity index (χ3v) is 5.29. The molecule has 0 radical (unpaired) electrons. The monoisotopic (exact) mass is 299 g/mol. The molecule has 2 rings (SSSR count). The highest BCUT2D eigenvalue weighted by Gasteiger charge is 2.18. The Morgan fingerprint density at radius 2 is 2.00 bits per heavy atom. The van der Waals surface area contributed by atoms with Crippen LogP contribution >= 0.6 is 11.3 Å². The minimum Gasteiger partial charge on any atom is -0.506 e. The average molecular weight is 299 g/mol. The highest BCUT2D eigenvalue weighted by molar-refractivity contribution is 7.94. The molecule has 2 aromatic rings. The van der Waals surface area contributed by atoms with E-state index in [9.17, 15) is 13.5 Å². The highest BCUT2D eigenvalue weighted by Crippen LogP contribution is 2.31. The molecule has 0 saturated heterocycles. The minimum atomic E-state index is -3.69. The highest BCUT2D eigenvalue weighted by atomic mass is 32.2. The summed E-state index contributed by atoms with van der Waals surface area (Å²) in [6.07, 6.45) is 0. The van der Waals surface area contributed by atoms with E-state index in [1.54, 1.807) is 12.1 Å². The number of phenolic OH excluding ortho intramolecular Hbond substituents is 1. The SMILES string of the molecule is COc1ccc(O)c(NS(=O)(=O)c2ccc(C)s2)c1. The third kappa shape index (κ3) is 2.99. The van der Waals surface area contributed by atoms with Crippen LogP contribution in [0, 0.1) is 6.92 Å². The Bertz CT molecular complexity index is 692. The number of sulfonamides is 1. The number of rotatable bonds is 4. The Kier molecular flexibility index (Phi) is 3.68. The first-order valence-electron chi connectivity index (χ1n) is 5.38. The first-order valence-corrected chi connectivity index (χ1v) is 7.68. The lowest BCUT2D eigenvalue weighted by molar-refractivity contribution is 0.413. The van der Waals surface area contributed by atoms with E-state index in [0.29, 0.717) is 5.75 Å². The van der Waals surface area contributed by atoms with Gasteiger partial charge in [0.1, 0.15) is 15.7 Å². The predicted octanol–water partition coefficient (Wildman–Crippen LogP) is 2.57. The number of nitrogens with one attached hydrogen (secondary N) is 1. The number of hydrogen-bond donors (Lipinski definition) is 2. The molecule has 0 aliphatic heterocycles.